The van der Waals surface area contributed by atoms with Crippen molar-refractivity contribution in [3.05, 3.63) is 144 Å². The third-order valence-electron chi connectivity index (χ3n) is 8.10. The molecule has 2 aliphatic heterocycles. The highest BCUT2D eigenvalue weighted by Crippen LogP contribution is 2.58. The minimum Gasteiger partial charge on any atom is -0.386 e. The molecule has 0 aromatic heterocycles. The van der Waals surface area contributed by atoms with Crippen LogP contribution in [0.4, 0.5) is 0 Å². The van der Waals surface area contributed by atoms with Crippen molar-refractivity contribution in [1.82, 2.24) is 0 Å². The van der Waals surface area contributed by atoms with Crippen molar-refractivity contribution in [3.63, 3.8) is 0 Å². The van der Waals surface area contributed by atoms with Crippen molar-refractivity contribution in [2.75, 3.05) is 0 Å². The van der Waals surface area contributed by atoms with Crippen LogP contribution in [-0.2, 0) is 4.74 Å². The summed E-state index contributed by atoms with van der Waals surface area (Å²) >= 11 is 5.32. The van der Waals surface area contributed by atoms with E-state index in [2.05, 4.69) is 9.98 Å². The Bertz CT molecular complexity index is 1570. The number of amidine groups is 2. The Morgan fingerprint density at radius 2 is 0.929 bits per heavy atom. The highest BCUT2D eigenvalue weighted by Gasteiger charge is 2.66. The minimum atomic E-state index is -1.67. The van der Waals surface area contributed by atoms with Gasteiger partial charge < -0.3 is 16.2 Å². The lowest BCUT2D eigenvalue weighted by Gasteiger charge is -2.54. The van der Waals surface area contributed by atoms with Gasteiger partial charge in [-0.2, -0.15) is 0 Å². The maximum Gasteiger partial charge on any atom is 0.222 e. The smallest absolute Gasteiger partial charge is 0.222 e. The monoisotopic (exact) mass is 572 g/mol. The molecule has 0 saturated carbocycles. The van der Waals surface area contributed by atoms with Gasteiger partial charge in [0.05, 0.1) is 24.0 Å². The van der Waals surface area contributed by atoms with E-state index >= 15 is 0 Å². The van der Waals surface area contributed by atoms with Gasteiger partial charge in [-0.1, -0.05) is 121 Å². The molecule has 2 aliphatic rings. The van der Waals surface area contributed by atoms with Crippen molar-refractivity contribution in [2.24, 2.45) is 38.7 Å². The molecule has 4 aromatic carbocycles. The molecule has 0 bridgehead atoms. The number of thiocarbonyl (C=S) groups is 1. The van der Waals surface area contributed by atoms with E-state index in [1.54, 1.807) is 48.5 Å². The lowest BCUT2D eigenvalue weighted by Crippen LogP contribution is -2.67. The molecule has 1 saturated heterocycles. The van der Waals surface area contributed by atoms with Gasteiger partial charge in [0.1, 0.15) is 17.1 Å². The van der Waals surface area contributed by atoms with E-state index in [9.17, 15) is 9.59 Å². The van der Waals surface area contributed by atoms with Crippen molar-refractivity contribution < 1.29 is 14.3 Å². The summed E-state index contributed by atoms with van der Waals surface area (Å²) in [5, 5.41) is -0.0635. The highest BCUT2D eigenvalue weighted by atomic mass is 32.1. The van der Waals surface area contributed by atoms with Crippen LogP contribution >= 0.6 is 12.2 Å². The van der Waals surface area contributed by atoms with Crippen LogP contribution in [0.2, 0.25) is 0 Å². The molecule has 0 radical (unpaired) electrons. The van der Waals surface area contributed by atoms with Gasteiger partial charge in [-0.05, 0) is 23.3 Å². The van der Waals surface area contributed by atoms with E-state index in [1.165, 1.54) is 0 Å². The number of benzene rings is 4. The molecule has 42 heavy (non-hydrogen) atoms. The normalized spacial score (nSPS) is 23.1. The Labute approximate surface area is 249 Å². The van der Waals surface area contributed by atoms with E-state index in [-0.39, 0.29) is 28.4 Å². The number of ketones is 2. The number of carbonyl (C=O) groups excluding carboxylic acids is 2. The number of aliphatic imine (C=N–C) groups is 2. The van der Waals surface area contributed by atoms with Gasteiger partial charge in [0.25, 0.3) is 0 Å². The molecular weight excluding hydrogens is 544 g/mol. The third kappa shape index (κ3) is 4.55. The van der Waals surface area contributed by atoms with Gasteiger partial charge in [-0.25, -0.2) is 9.98 Å². The first kappa shape index (κ1) is 27.4. The third-order valence-corrected chi connectivity index (χ3v) is 8.28. The highest BCUT2D eigenvalue weighted by molar-refractivity contribution is 7.80. The Balaban J connectivity index is 1.69. The zero-order chi connectivity index (χ0) is 29.3. The number of nitrogens with two attached hydrogens (primary N) is 2. The van der Waals surface area contributed by atoms with Crippen molar-refractivity contribution in [1.29, 1.82) is 0 Å². The molecule has 1 fully saturated rings. The Morgan fingerprint density at radius 1 is 0.595 bits per heavy atom. The van der Waals surface area contributed by atoms with Crippen LogP contribution in [0.3, 0.4) is 0 Å². The second-order valence-electron chi connectivity index (χ2n) is 10.4. The number of carbonyl (C=O) groups is 2. The molecular formula is C34H28N4O3S. The first-order chi connectivity index (χ1) is 20.4. The fraction of sp³-hybridized carbons (Fsp3) is 0.147. The van der Waals surface area contributed by atoms with Crippen LogP contribution in [0.1, 0.15) is 44.1 Å². The summed E-state index contributed by atoms with van der Waals surface area (Å²) in [6.45, 7) is 0. The number of rotatable bonds is 6. The average Bonchev–Trinajstić information content (AvgIpc) is 3.04. The Hall–Kier alpha value is -4.79. The maximum atomic E-state index is 14.7. The zero-order valence-electron chi connectivity index (χ0n) is 22.5. The molecule has 0 aliphatic carbocycles. The second kappa shape index (κ2) is 11.2. The molecule has 6 rings (SSSR count). The summed E-state index contributed by atoms with van der Waals surface area (Å²) in [6, 6.07) is 36.5. The lowest BCUT2D eigenvalue weighted by molar-refractivity contribution is -0.128. The topological polar surface area (TPSA) is 120 Å². The molecule has 2 heterocycles. The molecule has 1 spiro atoms. The van der Waals surface area contributed by atoms with Gasteiger partial charge in [0.2, 0.25) is 5.11 Å². The number of ether oxygens (including phenoxy) is 1. The molecule has 4 N–H and O–H groups in total. The Kier molecular flexibility index (Phi) is 7.33. The quantitative estimate of drug-likeness (QED) is 0.233. The predicted octanol–water partition coefficient (Wildman–Crippen LogP) is 5.50. The first-order valence-electron chi connectivity index (χ1n) is 13.6. The standard InChI is InChI=1S/C34H28N4O3S/c35-31-34(32(36)38-33(42)37-31)25(27(39)21-13-5-1-6-14-21)29(23-17-9-3-10-18-23)41-30(24-19-11-4-12-20-24)26(34)28(40)22-15-7-2-8-16-22/h1-20,25-26,29-30H,(H4,35,36,37,38,42)/t25-,26+,29-,30+. The van der Waals surface area contributed by atoms with E-state index < -0.39 is 29.5 Å². The second-order valence-corrected chi connectivity index (χ2v) is 10.7. The van der Waals surface area contributed by atoms with E-state index in [0.717, 1.165) is 11.1 Å². The van der Waals surface area contributed by atoms with E-state index in [1.807, 2.05) is 72.8 Å². The van der Waals surface area contributed by atoms with Crippen LogP contribution in [0.15, 0.2) is 131 Å². The summed E-state index contributed by atoms with van der Waals surface area (Å²) in [6.07, 6.45) is -1.73. The molecule has 0 amide bonds. The van der Waals surface area contributed by atoms with Gasteiger partial charge in [-0.3, -0.25) is 9.59 Å². The van der Waals surface area contributed by atoms with Gasteiger partial charge >= 0.3 is 0 Å². The van der Waals surface area contributed by atoms with E-state index in [4.69, 9.17) is 28.4 Å². The molecule has 208 valence electrons. The Morgan fingerprint density at radius 3 is 1.29 bits per heavy atom. The van der Waals surface area contributed by atoms with Crippen molar-refractivity contribution in [2.45, 2.75) is 12.2 Å². The summed E-state index contributed by atoms with van der Waals surface area (Å²) in [5.74, 6) is -2.87. The average molecular weight is 573 g/mol. The fourth-order valence-electron chi connectivity index (χ4n) is 6.25. The van der Waals surface area contributed by atoms with Crippen molar-refractivity contribution >= 4 is 40.6 Å². The van der Waals surface area contributed by atoms with Crippen molar-refractivity contribution in [3.8, 4) is 0 Å². The maximum absolute atomic E-state index is 14.7. The lowest BCUT2D eigenvalue weighted by atomic mass is 9.54. The van der Waals surface area contributed by atoms with Crippen LogP contribution in [0.25, 0.3) is 0 Å². The van der Waals surface area contributed by atoms with Crippen LogP contribution in [0, 0.1) is 17.3 Å². The van der Waals surface area contributed by atoms with Gasteiger partial charge in [-0.15, -0.1) is 0 Å². The summed E-state index contributed by atoms with van der Waals surface area (Å²) in [5.41, 5.74) is 14.4. The largest absolute Gasteiger partial charge is 0.386 e. The molecule has 4 aromatic rings. The first-order valence-corrected chi connectivity index (χ1v) is 14.0. The number of nitrogens with zero attached hydrogens (tertiary/aromatic N) is 2. The fourth-order valence-corrected chi connectivity index (χ4v) is 6.45. The van der Waals surface area contributed by atoms with Crippen LogP contribution in [0.5, 0.6) is 0 Å². The molecule has 7 nitrogen and oxygen atoms in total. The number of hydrogen-bond acceptors (Lipinski definition) is 6. The SMILES string of the molecule is NC1=NC(=S)N=C(N)C12[C@H](C(=O)c1ccccc1)[C@@H](c1ccccc1)O[C@@H](c1ccccc1)[C@@H]2C(=O)c1ccccc1. The predicted molar refractivity (Wildman–Crippen MR) is 166 cm³/mol. The molecule has 0 unspecified atom stereocenters. The van der Waals surface area contributed by atoms with Crippen LogP contribution in [-0.4, -0.2) is 28.4 Å². The van der Waals surface area contributed by atoms with Gasteiger partial charge in [0.15, 0.2) is 11.6 Å². The number of hydrogen-bond donors (Lipinski definition) is 2. The van der Waals surface area contributed by atoms with E-state index in [0.29, 0.717) is 11.1 Å². The molecule has 4 atom stereocenters. The number of Topliss-reactive ketones (excluding diaryl/α,β-unsaturated/α-hetero) is 2. The zero-order valence-corrected chi connectivity index (χ0v) is 23.4. The van der Waals surface area contributed by atoms with Crippen LogP contribution < -0.4 is 11.5 Å². The van der Waals surface area contributed by atoms with Gasteiger partial charge in [0, 0.05) is 11.1 Å². The molecule has 8 heteroatoms. The minimum absolute atomic E-state index is 0.0336. The summed E-state index contributed by atoms with van der Waals surface area (Å²) in [4.78, 5) is 38.3. The summed E-state index contributed by atoms with van der Waals surface area (Å²) in [7, 11) is 0. The summed E-state index contributed by atoms with van der Waals surface area (Å²) < 4.78 is 6.92.